The topological polar surface area (TPSA) is 45.6 Å². The van der Waals surface area contributed by atoms with E-state index in [-0.39, 0.29) is 12.1 Å². The lowest BCUT2D eigenvalue weighted by Crippen LogP contribution is -2.42. The molecule has 0 amide bonds. The molecule has 184 valence electrons. The molecule has 2 aromatic heterocycles. The summed E-state index contributed by atoms with van der Waals surface area (Å²) in [6.07, 6.45) is 1.87. The highest BCUT2D eigenvalue weighted by molar-refractivity contribution is 7.80. The third kappa shape index (κ3) is 4.73. The Morgan fingerprint density at radius 2 is 1.83 bits per heavy atom. The quantitative estimate of drug-likeness (QED) is 0.518. The Kier molecular flexibility index (Phi) is 6.91. The molecule has 4 heterocycles. The van der Waals surface area contributed by atoms with Crippen LogP contribution in [-0.4, -0.2) is 63.9 Å². The van der Waals surface area contributed by atoms with Gasteiger partial charge in [-0.1, -0.05) is 18.2 Å². The van der Waals surface area contributed by atoms with Gasteiger partial charge in [0.1, 0.15) is 0 Å². The van der Waals surface area contributed by atoms with E-state index in [4.69, 9.17) is 21.9 Å². The maximum atomic E-state index is 5.91. The zero-order valence-electron chi connectivity index (χ0n) is 21.1. The molecule has 35 heavy (non-hydrogen) atoms. The summed E-state index contributed by atoms with van der Waals surface area (Å²) in [5, 5.41) is 4.42. The molecule has 0 unspecified atom stereocenters. The number of aromatic nitrogens is 2. The van der Waals surface area contributed by atoms with Crippen LogP contribution in [0.4, 0.5) is 0 Å². The molecule has 1 N–H and O–H groups in total. The second-order valence-corrected chi connectivity index (χ2v) is 10.1. The van der Waals surface area contributed by atoms with Crippen LogP contribution >= 0.6 is 12.2 Å². The molecule has 2 aliphatic heterocycles. The predicted molar refractivity (Wildman–Crippen MR) is 144 cm³/mol. The van der Waals surface area contributed by atoms with Gasteiger partial charge < -0.3 is 19.5 Å². The fourth-order valence-electron chi connectivity index (χ4n) is 5.48. The summed E-state index contributed by atoms with van der Waals surface area (Å²) in [7, 11) is 0. The first-order valence-electron chi connectivity index (χ1n) is 12.5. The fourth-order valence-corrected chi connectivity index (χ4v) is 5.81. The lowest BCUT2D eigenvalue weighted by atomic mass is 9.96. The van der Waals surface area contributed by atoms with E-state index in [1.54, 1.807) is 0 Å². The average Bonchev–Trinajstić information content (AvgIpc) is 3.35. The minimum atomic E-state index is 0.000876. The van der Waals surface area contributed by atoms with Gasteiger partial charge in [0.05, 0.1) is 31.0 Å². The van der Waals surface area contributed by atoms with Crippen LogP contribution in [0.5, 0.6) is 0 Å². The first-order valence-corrected chi connectivity index (χ1v) is 12.9. The Labute approximate surface area is 213 Å². The largest absolute Gasteiger partial charge is 0.379 e. The third-order valence-electron chi connectivity index (χ3n) is 7.35. The Morgan fingerprint density at radius 1 is 1.03 bits per heavy atom. The minimum absolute atomic E-state index is 0.000876. The average molecular weight is 490 g/mol. The Bertz CT molecular complexity index is 1200. The molecule has 2 saturated heterocycles. The molecule has 7 heteroatoms. The summed E-state index contributed by atoms with van der Waals surface area (Å²) >= 11 is 5.91. The molecule has 0 aliphatic carbocycles. The van der Waals surface area contributed by atoms with E-state index in [2.05, 4.69) is 83.8 Å². The van der Waals surface area contributed by atoms with Gasteiger partial charge in [-0.3, -0.25) is 9.88 Å². The molecular formula is C28H35N5OS. The molecule has 2 fully saturated rings. The first-order chi connectivity index (χ1) is 16.9. The normalized spacial score (nSPS) is 20.9. The SMILES string of the molecule is Cc1ccc(C)c(-n2c(C)cc([C@H]3[C@@H](c4ccccn4)NC(=S)N3CCN3CCOCC3)c2C)c1. The summed E-state index contributed by atoms with van der Waals surface area (Å²) in [5.41, 5.74) is 8.59. The highest BCUT2D eigenvalue weighted by Gasteiger charge is 2.41. The standard InChI is InChI=1S/C28H35N5OS/c1-19-8-9-20(2)25(17-19)33-21(3)18-23(22(33)4)27-26(24-7-5-6-10-29-24)30-28(35)32(27)12-11-31-13-15-34-16-14-31/h5-10,17-18,26-27H,11-16H2,1-4H3,(H,30,35)/t26-,27+/m1/s1. The van der Waals surface area contributed by atoms with Crippen LogP contribution in [-0.2, 0) is 4.74 Å². The zero-order valence-corrected chi connectivity index (χ0v) is 21.9. The summed E-state index contributed by atoms with van der Waals surface area (Å²) in [6, 6.07) is 15.2. The van der Waals surface area contributed by atoms with Gasteiger partial charge in [0, 0.05) is 49.5 Å². The molecule has 0 bridgehead atoms. The second kappa shape index (κ2) is 10.1. The number of benzene rings is 1. The molecule has 0 spiro atoms. The first kappa shape index (κ1) is 24.0. The number of hydrogen-bond donors (Lipinski definition) is 1. The van der Waals surface area contributed by atoms with Crippen molar-refractivity contribution in [2.24, 2.45) is 0 Å². The molecule has 0 radical (unpaired) electrons. The number of aryl methyl sites for hydroxylation is 3. The number of hydrogen-bond acceptors (Lipinski definition) is 4. The van der Waals surface area contributed by atoms with Gasteiger partial charge in [0.15, 0.2) is 5.11 Å². The van der Waals surface area contributed by atoms with Crippen molar-refractivity contribution in [2.75, 3.05) is 39.4 Å². The summed E-state index contributed by atoms with van der Waals surface area (Å²) < 4.78 is 7.94. The maximum Gasteiger partial charge on any atom is 0.170 e. The zero-order chi connectivity index (χ0) is 24.5. The van der Waals surface area contributed by atoms with E-state index in [0.29, 0.717) is 0 Å². The molecule has 2 atom stereocenters. The maximum absolute atomic E-state index is 5.91. The molecule has 2 aliphatic rings. The molecule has 5 rings (SSSR count). The lowest BCUT2D eigenvalue weighted by molar-refractivity contribution is 0.0350. The van der Waals surface area contributed by atoms with Crippen molar-refractivity contribution < 1.29 is 4.74 Å². The molecule has 1 aromatic carbocycles. The van der Waals surface area contributed by atoms with Gasteiger partial charge in [0.25, 0.3) is 0 Å². The molecular weight excluding hydrogens is 454 g/mol. The second-order valence-electron chi connectivity index (χ2n) is 9.73. The van der Waals surface area contributed by atoms with Crippen LogP contribution in [0.1, 0.15) is 45.9 Å². The number of pyridine rings is 1. The summed E-state index contributed by atoms with van der Waals surface area (Å²) in [5.74, 6) is 0. The lowest BCUT2D eigenvalue weighted by Gasteiger charge is -2.32. The van der Waals surface area contributed by atoms with Crippen molar-refractivity contribution in [3.63, 3.8) is 0 Å². The van der Waals surface area contributed by atoms with Crippen LogP contribution in [0.3, 0.4) is 0 Å². The number of nitrogens with one attached hydrogen (secondary N) is 1. The van der Waals surface area contributed by atoms with Crippen LogP contribution < -0.4 is 5.32 Å². The number of ether oxygens (including phenoxy) is 1. The van der Waals surface area contributed by atoms with E-state index < -0.39 is 0 Å². The monoisotopic (exact) mass is 489 g/mol. The van der Waals surface area contributed by atoms with Crippen molar-refractivity contribution in [3.05, 3.63) is 82.4 Å². The van der Waals surface area contributed by atoms with Crippen molar-refractivity contribution in [3.8, 4) is 5.69 Å². The fraction of sp³-hybridized carbons (Fsp3) is 0.429. The van der Waals surface area contributed by atoms with E-state index in [0.717, 1.165) is 50.2 Å². The smallest absolute Gasteiger partial charge is 0.170 e. The van der Waals surface area contributed by atoms with E-state index in [9.17, 15) is 0 Å². The highest BCUT2D eigenvalue weighted by atomic mass is 32.1. The highest BCUT2D eigenvalue weighted by Crippen LogP contribution is 2.41. The van der Waals surface area contributed by atoms with E-state index >= 15 is 0 Å². The van der Waals surface area contributed by atoms with Crippen LogP contribution in [0.15, 0.2) is 48.7 Å². The van der Waals surface area contributed by atoms with Gasteiger partial charge in [-0.15, -0.1) is 0 Å². The minimum Gasteiger partial charge on any atom is -0.379 e. The van der Waals surface area contributed by atoms with Gasteiger partial charge in [-0.25, -0.2) is 0 Å². The van der Waals surface area contributed by atoms with Gasteiger partial charge in [-0.05, 0) is 80.9 Å². The van der Waals surface area contributed by atoms with Crippen LogP contribution in [0.2, 0.25) is 0 Å². The van der Waals surface area contributed by atoms with Crippen molar-refractivity contribution >= 4 is 17.3 Å². The Balaban J connectivity index is 1.55. The van der Waals surface area contributed by atoms with Crippen molar-refractivity contribution in [1.29, 1.82) is 0 Å². The van der Waals surface area contributed by atoms with Crippen LogP contribution in [0.25, 0.3) is 5.69 Å². The summed E-state index contributed by atoms with van der Waals surface area (Å²) in [4.78, 5) is 9.56. The van der Waals surface area contributed by atoms with Gasteiger partial charge >= 0.3 is 0 Å². The van der Waals surface area contributed by atoms with E-state index in [1.165, 1.54) is 33.8 Å². The summed E-state index contributed by atoms with van der Waals surface area (Å²) in [6.45, 7) is 14.2. The van der Waals surface area contributed by atoms with Crippen LogP contribution in [0, 0.1) is 27.7 Å². The van der Waals surface area contributed by atoms with Gasteiger partial charge in [-0.2, -0.15) is 0 Å². The van der Waals surface area contributed by atoms with Gasteiger partial charge in [0.2, 0.25) is 0 Å². The molecule has 6 nitrogen and oxygen atoms in total. The number of nitrogens with zero attached hydrogens (tertiary/aromatic N) is 4. The number of morpholine rings is 1. The predicted octanol–water partition coefficient (Wildman–Crippen LogP) is 4.41. The Morgan fingerprint density at radius 3 is 2.57 bits per heavy atom. The number of thiocarbonyl (C=S) groups is 1. The van der Waals surface area contributed by atoms with Crippen molar-refractivity contribution in [2.45, 2.75) is 39.8 Å². The molecule has 0 saturated carbocycles. The number of rotatable bonds is 6. The van der Waals surface area contributed by atoms with E-state index in [1.807, 2.05) is 12.3 Å². The van der Waals surface area contributed by atoms with Crippen molar-refractivity contribution in [1.82, 2.24) is 24.7 Å². The Hall–Kier alpha value is -2.74. The third-order valence-corrected chi connectivity index (χ3v) is 7.71. The molecule has 3 aromatic rings.